The zero-order valence-corrected chi connectivity index (χ0v) is 9.21. The average molecular weight is 221 g/mol. The molecular weight excluding hydrogens is 205 g/mol. The molecule has 86 valence electrons. The largest absolute Gasteiger partial charge is 0.317 e. The van der Waals surface area contributed by atoms with Crippen LogP contribution in [0.15, 0.2) is 24.3 Å². The molecule has 2 nitrogen and oxygen atoms in total. The molecular formula is C13H16FNO. The Kier molecular flexibility index (Phi) is 3.67. The van der Waals surface area contributed by atoms with Crippen LogP contribution in [-0.2, 0) is 0 Å². The number of hydrogen-bond acceptors (Lipinski definition) is 2. The summed E-state index contributed by atoms with van der Waals surface area (Å²) in [6.07, 6.45) is 2.66. The van der Waals surface area contributed by atoms with Gasteiger partial charge in [0.2, 0.25) is 0 Å². The lowest BCUT2D eigenvalue weighted by Crippen LogP contribution is -2.18. The quantitative estimate of drug-likeness (QED) is 0.777. The Bertz CT molecular complexity index is 370. The second-order valence-electron chi connectivity index (χ2n) is 4.22. The van der Waals surface area contributed by atoms with Crippen LogP contribution in [0, 0.1) is 11.7 Å². The number of Topliss-reactive ketones (excluding diaryl/α,β-unsaturated/α-hetero) is 1. The van der Waals surface area contributed by atoms with Crippen molar-refractivity contribution >= 4 is 5.78 Å². The van der Waals surface area contributed by atoms with Crippen molar-refractivity contribution < 1.29 is 9.18 Å². The monoisotopic (exact) mass is 221 g/mol. The van der Waals surface area contributed by atoms with E-state index >= 15 is 0 Å². The van der Waals surface area contributed by atoms with Gasteiger partial charge < -0.3 is 5.32 Å². The zero-order chi connectivity index (χ0) is 11.4. The summed E-state index contributed by atoms with van der Waals surface area (Å²) in [5.41, 5.74) is 0.245. The lowest BCUT2D eigenvalue weighted by atomic mass is 9.91. The fourth-order valence-electron chi connectivity index (χ4n) is 2.16. The van der Waals surface area contributed by atoms with Gasteiger partial charge in [-0.1, -0.05) is 12.1 Å². The number of rotatable bonds is 2. The molecule has 0 radical (unpaired) electrons. The first kappa shape index (κ1) is 11.3. The molecule has 1 heterocycles. The molecule has 1 fully saturated rings. The Morgan fingerprint density at radius 1 is 1.25 bits per heavy atom. The van der Waals surface area contributed by atoms with Crippen LogP contribution < -0.4 is 5.32 Å². The van der Waals surface area contributed by atoms with Gasteiger partial charge in [-0.2, -0.15) is 0 Å². The van der Waals surface area contributed by atoms with Crippen molar-refractivity contribution in [2.45, 2.75) is 19.3 Å². The minimum Gasteiger partial charge on any atom is -0.317 e. The van der Waals surface area contributed by atoms with Crippen LogP contribution in [0.2, 0.25) is 0 Å². The second-order valence-corrected chi connectivity index (χ2v) is 4.22. The first-order valence-electron chi connectivity index (χ1n) is 5.78. The fourth-order valence-corrected chi connectivity index (χ4v) is 2.16. The third-order valence-corrected chi connectivity index (χ3v) is 3.09. The number of carbonyl (C=O) groups excluding carboxylic acids is 1. The molecule has 0 spiro atoms. The molecule has 2 rings (SSSR count). The van der Waals surface area contributed by atoms with Crippen molar-refractivity contribution in [2.75, 3.05) is 13.1 Å². The smallest absolute Gasteiger partial charge is 0.168 e. The Hall–Kier alpha value is -1.22. The summed E-state index contributed by atoms with van der Waals surface area (Å²) in [6, 6.07) is 6.25. The highest BCUT2D eigenvalue weighted by atomic mass is 19.1. The van der Waals surface area contributed by atoms with Crippen molar-refractivity contribution in [2.24, 2.45) is 5.92 Å². The van der Waals surface area contributed by atoms with E-state index < -0.39 is 5.82 Å². The van der Waals surface area contributed by atoms with Crippen molar-refractivity contribution in [3.63, 3.8) is 0 Å². The molecule has 1 atom stereocenters. The van der Waals surface area contributed by atoms with Gasteiger partial charge in [0, 0.05) is 5.92 Å². The molecule has 0 aliphatic carbocycles. The summed E-state index contributed by atoms with van der Waals surface area (Å²) in [5.74, 6) is -0.460. The van der Waals surface area contributed by atoms with Gasteiger partial charge in [-0.25, -0.2) is 4.39 Å². The Morgan fingerprint density at radius 2 is 2.06 bits per heavy atom. The molecule has 1 aliphatic heterocycles. The van der Waals surface area contributed by atoms with Crippen LogP contribution in [0.3, 0.4) is 0 Å². The van der Waals surface area contributed by atoms with Crippen molar-refractivity contribution in [3.05, 3.63) is 35.6 Å². The standard InChI is InChI=1S/C13H16FNO/c14-12-6-2-1-5-11(12)13(16)10-4-3-8-15-9-7-10/h1-2,5-6,10,15H,3-4,7-9H2. The second kappa shape index (κ2) is 5.21. The summed E-state index contributed by atoms with van der Waals surface area (Å²) < 4.78 is 13.5. The predicted octanol–water partition coefficient (Wildman–Crippen LogP) is 2.40. The van der Waals surface area contributed by atoms with E-state index in [0.717, 1.165) is 32.4 Å². The number of carbonyl (C=O) groups is 1. The van der Waals surface area contributed by atoms with E-state index in [1.54, 1.807) is 18.2 Å². The lowest BCUT2D eigenvalue weighted by Gasteiger charge is -2.12. The Balaban J connectivity index is 2.14. The topological polar surface area (TPSA) is 29.1 Å². The van der Waals surface area contributed by atoms with E-state index in [0.29, 0.717) is 0 Å². The molecule has 0 amide bonds. The molecule has 0 aromatic heterocycles. The third kappa shape index (κ3) is 2.47. The van der Waals surface area contributed by atoms with E-state index in [1.165, 1.54) is 6.07 Å². The van der Waals surface area contributed by atoms with Crippen LogP contribution in [0.1, 0.15) is 29.6 Å². The van der Waals surface area contributed by atoms with Crippen LogP contribution in [0.4, 0.5) is 4.39 Å². The highest BCUT2D eigenvalue weighted by Crippen LogP contribution is 2.20. The normalized spacial score (nSPS) is 21.4. The highest BCUT2D eigenvalue weighted by Gasteiger charge is 2.23. The minimum absolute atomic E-state index is 0.0214. The first-order valence-corrected chi connectivity index (χ1v) is 5.78. The van der Waals surface area contributed by atoms with Gasteiger partial charge in [0.15, 0.2) is 5.78 Å². The van der Waals surface area contributed by atoms with Crippen molar-refractivity contribution in [3.8, 4) is 0 Å². The summed E-state index contributed by atoms with van der Waals surface area (Å²) in [7, 11) is 0. The van der Waals surface area contributed by atoms with Crippen LogP contribution in [0.5, 0.6) is 0 Å². The van der Waals surface area contributed by atoms with Crippen molar-refractivity contribution in [1.82, 2.24) is 5.32 Å². The van der Waals surface area contributed by atoms with Crippen molar-refractivity contribution in [1.29, 1.82) is 0 Å². The van der Waals surface area contributed by atoms with E-state index in [-0.39, 0.29) is 17.3 Å². The molecule has 0 bridgehead atoms. The number of nitrogens with one attached hydrogen (secondary N) is 1. The maximum absolute atomic E-state index is 13.5. The van der Waals surface area contributed by atoms with Gasteiger partial charge >= 0.3 is 0 Å². The minimum atomic E-state index is -0.398. The van der Waals surface area contributed by atoms with Gasteiger partial charge in [0.25, 0.3) is 0 Å². The van der Waals surface area contributed by atoms with Gasteiger partial charge in [-0.15, -0.1) is 0 Å². The molecule has 1 N–H and O–H groups in total. The maximum Gasteiger partial charge on any atom is 0.168 e. The molecule has 16 heavy (non-hydrogen) atoms. The van der Waals surface area contributed by atoms with Crippen LogP contribution in [-0.4, -0.2) is 18.9 Å². The highest BCUT2D eigenvalue weighted by molar-refractivity contribution is 5.98. The Morgan fingerprint density at radius 3 is 2.88 bits per heavy atom. The number of benzene rings is 1. The van der Waals surface area contributed by atoms with Gasteiger partial charge in [0.1, 0.15) is 5.82 Å². The van der Waals surface area contributed by atoms with Gasteiger partial charge in [0.05, 0.1) is 5.56 Å². The molecule has 1 aliphatic rings. The molecule has 1 saturated heterocycles. The number of hydrogen-bond donors (Lipinski definition) is 1. The summed E-state index contributed by atoms with van der Waals surface area (Å²) in [5, 5.41) is 3.25. The lowest BCUT2D eigenvalue weighted by molar-refractivity contribution is 0.0906. The van der Waals surface area contributed by atoms with Crippen LogP contribution >= 0.6 is 0 Å². The molecule has 3 heteroatoms. The summed E-state index contributed by atoms with van der Waals surface area (Å²) in [4.78, 5) is 12.1. The fraction of sp³-hybridized carbons (Fsp3) is 0.462. The number of halogens is 1. The third-order valence-electron chi connectivity index (χ3n) is 3.09. The average Bonchev–Trinajstić information content (AvgIpc) is 2.57. The molecule has 1 aromatic carbocycles. The Labute approximate surface area is 94.9 Å². The molecule has 0 saturated carbocycles. The number of ketones is 1. The van der Waals surface area contributed by atoms with E-state index in [2.05, 4.69) is 5.32 Å². The first-order chi connectivity index (χ1) is 7.79. The summed E-state index contributed by atoms with van der Waals surface area (Å²) >= 11 is 0. The SMILES string of the molecule is O=C(c1ccccc1F)C1CCCNCC1. The zero-order valence-electron chi connectivity index (χ0n) is 9.21. The maximum atomic E-state index is 13.5. The summed E-state index contributed by atoms with van der Waals surface area (Å²) in [6.45, 7) is 1.81. The van der Waals surface area contributed by atoms with Gasteiger partial charge in [-0.05, 0) is 44.5 Å². The van der Waals surface area contributed by atoms with Gasteiger partial charge in [-0.3, -0.25) is 4.79 Å². The molecule has 1 unspecified atom stereocenters. The van der Waals surface area contributed by atoms with E-state index in [4.69, 9.17) is 0 Å². The predicted molar refractivity (Wildman–Crippen MR) is 60.9 cm³/mol. The molecule has 1 aromatic rings. The van der Waals surface area contributed by atoms with E-state index in [1.807, 2.05) is 0 Å². The van der Waals surface area contributed by atoms with E-state index in [9.17, 15) is 9.18 Å². The van der Waals surface area contributed by atoms with Crippen LogP contribution in [0.25, 0.3) is 0 Å².